The number of hydrogen-bond acceptors (Lipinski definition) is 8. The Morgan fingerprint density at radius 3 is 2.43 bits per heavy atom. The summed E-state index contributed by atoms with van der Waals surface area (Å²) in [4.78, 5) is 17.1. The maximum absolute atomic E-state index is 12.6. The molecule has 0 amide bonds. The van der Waals surface area contributed by atoms with Gasteiger partial charge in [-0.1, -0.05) is 46.9 Å². The summed E-state index contributed by atoms with van der Waals surface area (Å²) in [5.41, 5.74) is 1.23. The van der Waals surface area contributed by atoms with Gasteiger partial charge in [0.25, 0.3) is 5.69 Å². The van der Waals surface area contributed by atoms with E-state index in [9.17, 15) is 18.5 Å². The average molecular weight is 556 g/mol. The minimum absolute atomic E-state index is 0.0424. The number of ether oxygens (including phenoxy) is 1. The Hall–Kier alpha value is -3.29. The van der Waals surface area contributed by atoms with Crippen LogP contribution >= 0.6 is 34.8 Å². The Balaban J connectivity index is 1.47. The molecule has 4 aromatic rings. The number of fused-ring (bicyclic) bond motifs is 1. The fourth-order valence-corrected chi connectivity index (χ4v) is 4.72. The molecule has 0 atom stereocenters. The number of nitrogens with one attached hydrogen (secondary N) is 2. The van der Waals surface area contributed by atoms with Gasteiger partial charge in [0.2, 0.25) is 16.0 Å². The second-order valence-corrected chi connectivity index (χ2v) is 9.80. The van der Waals surface area contributed by atoms with E-state index < -0.39 is 14.9 Å². The topological polar surface area (TPSA) is 152 Å². The van der Waals surface area contributed by atoms with E-state index in [4.69, 9.17) is 39.5 Å². The molecule has 0 fully saturated rings. The van der Waals surface area contributed by atoms with Crippen LogP contribution in [0.2, 0.25) is 15.1 Å². The van der Waals surface area contributed by atoms with Crippen LogP contribution in [0.4, 0.5) is 11.6 Å². The molecule has 0 bridgehead atoms. The molecule has 180 valence electrons. The van der Waals surface area contributed by atoms with Gasteiger partial charge in [-0.15, -0.1) is 5.11 Å². The molecule has 4 rings (SSSR count). The number of sulfonamides is 1. The van der Waals surface area contributed by atoms with E-state index >= 15 is 0 Å². The van der Waals surface area contributed by atoms with E-state index in [0.717, 1.165) is 23.7 Å². The summed E-state index contributed by atoms with van der Waals surface area (Å²) in [6.07, 6.45) is 0. The number of benzene rings is 3. The summed E-state index contributed by atoms with van der Waals surface area (Å²) in [6.45, 7) is -0.370. The lowest BCUT2D eigenvalue weighted by molar-refractivity contribution is -0.384. The van der Waals surface area contributed by atoms with Crippen molar-refractivity contribution in [3.63, 3.8) is 0 Å². The van der Waals surface area contributed by atoms with Crippen LogP contribution in [0.15, 0.2) is 69.7 Å². The van der Waals surface area contributed by atoms with Gasteiger partial charge in [0, 0.05) is 12.1 Å². The van der Waals surface area contributed by atoms with Crippen molar-refractivity contribution >= 4 is 67.5 Å². The molecule has 0 spiro atoms. The van der Waals surface area contributed by atoms with Gasteiger partial charge in [0.15, 0.2) is 5.75 Å². The molecule has 0 aliphatic heterocycles. The number of rotatable bonds is 8. The summed E-state index contributed by atoms with van der Waals surface area (Å²) in [6, 6.07) is 13.1. The molecular formula is C20H13Cl3N6O5S. The van der Waals surface area contributed by atoms with E-state index in [0.29, 0.717) is 5.52 Å². The molecule has 2 N–H and O–H groups in total. The zero-order chi connectivity index (χ0) is 25.2. The number of nitro groups is 1. The lowest BCUT2D eigenvalue weighted by Crippen LogP contribution is -2.23. The van der Waals surface area contributed by atoms with E-state index in [-0.39, 0.29) is 49.8 Å². The van der Waals surface area contributed by atoms with E-state index in [2.05, 4.69) is 24.9 Å². The van der Waals surface area contributed by atoms with Gasteiger partial charge in [-0.05, 0) is 30.3 Å². The fraction of sp³-hybridized carbons (Fsp3) is 0.0500. The highest BCUT2D eigenvalue weighted by Gasteiger charge is 2.20. The predicted octanol–water partition coefficient (Wildman–Crippen LogP) is 6.24. The van der Waals surface area contributed by atoms with Gasteiger partial charge in [0.05, 0.1) is 35.9 Å². The van der Waals surface area contributed by atoms with Crippen LogP contribution in [0.5, 0.6) is 11.5 Å². The van der Waals surface area contributed by atoms with Crippen LogP contribution in [0.25, 0.3) is 11.0 Å². The van der Waals surface area contributed by atoms with Gasteiger partial charge >= 0.3 is 0 Å². The second kappa shape index (κ2) is 10.1. The number of azo groups is 1. The van der Waals surface area contributed by atoms with E-state index in [1.807, 2.05) is 18.2 Å². The minimum Gasteiger partial charge on any atom is -0.453 e. The summed E-state index contributed by atoms with van der Waals surface area (Å²) in [5.74, 6) is 0.191. The van der Waals surface area contributed by atoms with Crippen LogP contribution in [0, 0.1) is 10.1 Å². The first-order valence-corrected chi connectivity index (χ1v) is 12.2. The average Bonchev–Trinajstić information content (AvgIpc) is 3.22. The maximum Gasteiger partial charge on any atom is 0.271 e. The lowest BCUT2D eigenvalue weighted by atomic mass is 10.3. The second-order valence-electron chi connectivity index (χ2n) is 6.81. The third-order valence-corrected chi connectivity index (χ3v) is 6.71. The SMILES string of the molecule is O=[N+]([O-])c1ccc(Oc2c(Cl)cc(S(=O)(=O)NCN=Nc3nc4ccccc4[nH]3)cc2Cl)c(Cl)c1. The van der Waals surface area contributed by atoms with Crippen molar-refractivity contribution in [1.29, 1.82) is 0 Å². The van der Waals surface area contributed by atoms with Crippen molar-refractivity contribution in [3.8, 4) is 11.5 Å². The molecule has 15 heteroatoms. The summed E-state index contributed by atoms with van der Waals surface area (Å²) in [5, 5.41) is 18.2. The first-order chi connectivity index (χ1) is 16.6. The number of halogens is 3. The fourth-order valence-electron chi connectivity index (χ4n) is 2.87. The van der Waals surface area contributed by atoms with Crippen molar-refractivity contribution < 1.29 is 18.1 Å². The van der Waals surface area contributed by atoms with Crippen LogP contribution in [0.1, 0.15) is 0 Å². The third-order valence-electron chi connectivity index (χ3n) is 4.49. The van der Waals surface area contributed by atoms with Crippen molar-refractivity contribution in [2.75, 3.05) is 6.67 Å². The molecule has 35 heavy (non-hydrogen) atoms. The van der Waals surface area contributed by atoms with Gasteiger partial charge in [-0.25, -0.2) is 13.4 Å². The molecule has 0 saturated carbocycles. The van der Waals surface area contributed by atoms with Crippen molar-refractivity contribution in [2.24, 2.45) is 10.2 Å². The van der Waals surface area contributed by atoms with Crippen molar-refractivity contribution in [2.45, 2.75) is 4.90 Å². The molecule has 0 radical (unpaired) electrons. The van der Waals surface area contributed by atoms with E-state index in [1.54, 1.807) is 6.07 Å². The van der Waals surface area contributed by atoms with Crippen molar-refractivity contribution in [3.05, 3.63) is 79.8 Å². The lowest BCUT2D eigenvalue weighted by Gasteiger charge is -2.13. The van der Waals surface area contributed by atoms with Gasteiger partial charge in [-0.2, -0.15) is 9.84 Å². The maximum atomic E-state index is 12.6. The normalized spacial score (nSPS) is 11.9. The zero-order valence-electron chi connectivity index (χ0n) is 17.3. The van der Waals surface area contributed by atoms with Crippen LogP contribution in [0.3, 0.4) is 0 Å². The molecular weight excluding hydrogens is 543 g/mol. The zero-order valence-corrected chi connectivity index (χ0v) is 20.4. The number of nitro benzene ring substituents is 1. The summed E-state index contributed by atoms with van der Waals surface area (Å²) >= 11 is 18.4. The monoisotopic (exact) mass is 554 g/mol. The largest absolute Gasteiger partial charge is 0.453 e. The molecule has 3 aromatic carbocycles. The van der Waals surface area contributed by atoms with Crippen LogP contribution in [-0.2, 0) is 10.0 Å². The Morgan fingerprint density at radius 1 is 1.06 bits per heavy atom. The number of nitrogens with zero attached hydrogens (tertiary/aromatic N) is 4. The molecule has 1 aromatic heterocycles. The van der Waals surface area contributed by atoms with Gasteiger partial charge < -0.3 is 9.72 Å². The minimum atomic E-state index is -4.06. The Kier molecular flexibility index (Phi) is 7.19. The number of aromatic amines is 1. The summed E-state index contributed by atoms with van der Waals surface area (Å²) < 4.78 is 33.1. The number of non-ortho nitro benzene ring substituents is 1. The predicted molar refractivity (Wildman–Crippen MR) is 130 cm³/mol. The highest BCUT2D eigenvalue weighted by Crippen LogP contribution is 2.41. The van der Waals surface area contributed by atoms with Crippen LogP contribution in [-0.4, -0.2) is 30.0 Å². The highest BCUT2D eigenvalue weighted by atomic mass is 35.5. The number of hydrogen-bond donors (Lipinski definition) is 2. The van der Waals surface area contributed by atoms with E-state index in [1.165, 1.54) is 12.1 Å². The summed E-state index contributed by atoms with van der Waals surface area (Å²) in [7, 11) is -4.06. The molecule has 0 unspecified atom stereocenters. The number of H-pyrrole nitrogens is 1. The smallest absolute Gasteiger partial charge is 0.271 e. The molecule has 0 aliphatic carbocycles. The first kappa shape index (κ1) is 24.8. The Labute approximate surface area is 212 Å². The third kappa shape index (κ3) is 5.69. The van der Waals surface area contributed by atoms with Crippen LogP contribution < -0.4 is 9.46 Å². The number of para-hydroxylation sites is 2. The quantitative estimate of drug-likeness (QED) is 0.149. The highest BCUT2D eigenvalue weighted by molar-refractivity contribution is 7.89. The molecule has 0 saturated heterocycles. The standard InChI is InChI=1S/C20H13Cl3N6O5S/c21-13-7-11(29(30)31)5-6-18(13)34-19-14(22)8-12(9-15(19)23)35(32,33)25-10-24-28-20-26-16-3-1-2-4-17(16)27-20/h1-9,25H,10H2,(H,26,27). The Bertz CT molecular complexity index is 1520. The Morgan fingerprint density at radius 2 is 1.77 bits per heavy atom. The van der Waals surface area contributed by atoms with Gasteiger partial charge in [0.1, 0.15) is 12.4 Å². The molecule has 0 aliphatic rings. The number of aromatic nitrogens is 2. The molecule has 11 nitrogen and oxygen atoms in total. The first-order valence-electron chi connectivity index (χ1n) is 9.57. The molecule has 1 heterocycles. The number of imidazole rings is 1. The van der Waals surface area contributed by atoms with Gasteiger partial charge in [-0.3, -0.25) is 10.1 Å². The van der Waals surface area contributed by atoms with Crippen molar-refractivity contribution in [1.82, 2.24) is 14.7 Å².